The molecule has 6 heteroatoms. The van der Waals surface area contributed by atoms with Crippen molar-refractivity contribution >= 4 is 11.8 Å². The standard InChI is InChI=1S/C17H20N4O2/c1-13-6-10-21(19-13)11-8-18-16(22)7-9-20-12-14-4-2-3-5-15(14)17(20)23/h2-6,10H,7-9,11-12H2,1H3,(H,18,22). The molecule has 0 fully saturated rings. The van der Waals surface area contributed by atoms with Crippen molar-refractivity contribution in [1.29, 1.82) is 0 Å². The average molecular weight is 312 g/mol. The van der Waals surface area contributed by atoms with Crippen LogP contribution >= 0.6 is 0 Å². The van der Waals surface area contributed by atoms with Gasteiger partial charge in [0.15, 0.2) is 0 Å². The summed E-state index contributed by atoms with van der Waals surface area (Å²) >= 11 is 0. The minimum atomic E-state index is -0.0439. The van der Waals surface area contributed by atoms with E-state index in [1.165, 1.54) is 0 Å². The molecule has 1 aromatic heterocycles. The van der Waals surface area contributed by atoms with Gasteiger partial charge in [-0.15, -0.1) is 0 Å². The Morgan fingerprint density at radius 1 is 1.26 bits per heavy atom. The van der Waals surface area contributed by atoms with Crippen LogP contribution in [0.2, 0.25) is 0 Å². The van der Waals surface area contributed by atoms with Crippen LogP contribution in [0.4, 0.5) is 0 Å². The molecule has 0 saturated carbocycles. The van der Waals surface area contributed by atoms with E-state index in [0.717, 1.165) is 16.8 Å². The lowest BCUT2D eigenvalue weighted by Gasteiger charge is -2.15. The van der Waals surface area contributed by atoms with Crippen LogP contribution in [0.3, 0.4) is 0 Å². The zero-order valence-corrected chi connectivity index (χ0v) is 13.2. The van der Waals surface area contributed by atoms with Crippen LogP contribution in [0.15, 0.2) is 36.5 Å². The number of hydrogen-bond acceptors (Lipinski definition) is 3. The number of benzene rings is 1. The van der Waals surface area contributed by atoms with Gasteiger partial charge in [-0.3, -0.25) is 14.3 Å². The molecule has 1 aliphatic rings. The van der Waals surface area contributed by atoms with Gasteiger partial charge in [0.2, 0.25) is 5.91 Å². The lowest BCUT2D eigenvalue weighted by Crippen LogP contribution is -2.32. The van der Waals surface area contributed by atoms with Crippen molar-refractivity contribution in [3.05, 3.63) is 53.3 Å². The first-order valence-electron chi connectivity index (χ1n) is 7.77. The molecule has 2 aromatic rings. The third-order valence-corrected chi connectivity index (χ3v) is 3.94. The molecule has 0 spiro atoms. The second-order valence-corrected chi connectivity index (χ2v) is 5.70. The molecule has 2 amide bonds. The smallest absolute Gasteiger partial charge is 0.254 e. The summed E-state index contributed by atoms with van der Waals surface area (Å²) in [6, 6.07) is 9.52. The number of amides is 2. The molecule has 6 nitrogen and oxygen atoms in total. The molecule has 3 rings (SSSR count). The largest absolute Gasteiger partial charge is 0.354 e. The van der Waals surface area contributed by atoms with Crippen LogP contribution < -0.4 is 5.32 Å². The Morgan fingerprint density at radius 3 is 2.83 bits per heavy atom. The topological polar surface area (TPSA) is 67.2 Å². The fourth-order valence-electron chi connectivity index (χ4n) is 2.72. The van der Waals surface area contributed by atoms with Gasteiger partial charge in [0.05, 0.1) is 12.2 Å². The zero-order chi connectivity index (χ0) is 16.2. The third-order valence-electron chi connectivity index (χ3n) is 3.94. The number of aryl methyl sites for hydroxylation is 1. The van der Waals surface area contributed by atoms with Gasteiger partial charge in [-0.2, -0.15) is 5.10 Å². The Labute approximate surface area is 135 Å². The van der Waals surface area contributed by atoms with E-state index in [0.29, 0.717) is 32.6 Å². The molecule has 1 N–H and O–H groups in total. The first-order valence-corrected chi connectivity index (χ1v) is 7.77. The average Bonchev–Trinajstić information content (AvgIpc) is 3.10. The molecule has 1 aliphatic heterocycles. The summed E-state index contributed by atoms with van der Waals surface area (Å²) in [7, 11) is 0. The summed E-state index contributed by atoms with van der Waals surface area (Å²) < 4.78 is 1.80. The normalized spacial score (nSPS) is 13.3. The van der Waals surface area contributed by atoms with Gasteiger partial charge >= 0.3 is 0 Å². The monoisotopic (exact) mass is 312 g/mol. The van der Waals surface area contributed by atoms with E-state index in [1.807, 2.05) is 43.5 Å². The summed E-state index contributed by atoms with van der Waals surface area (Å²) in [6.45, 7) is 4.15. The Morgan fingerprint density at radius 2 is 2.09 bits per heavy atom. The highest BCUT2D eigenvalue weighted by molar-refractivity contribution is 5.98. The number of hydrogen-bond donors (Lipinski definition) is 1. The number of carbonyl (C=O) groups is 2. The Kier molecular flexibility index (Phi) is 4.41. The van der Waals surface area contributed by atoms with Gasteiger partial charge in [-0.1, -0.05) is 18.2 Å². The molecule has 1 aromatic carbocycles. The molecule has 0 radical (unpaired) electrons. The third kappa shape index (κ3) is 3.59. The summed E-state index contributed by atoms with van der Waals surface area (Å²) in [5.41, 5.74) is 2.75. The number of aromatic nitrogens is 2. The van der Waals surface area contributed by atoms with Crippen molar-refractivity contribution in [2.45, 2.75) is 26.4 Å². The van der Waals surface area contributed by atoms with Gasteiger partial charge < -0.3 is 10.2 Å². The lowest BCUT2D eigenvalue weighted by molar-refractivity contribution is -0.121. The fraction of sp³-hybridized carbons (Fsp3) is 0.353. The fourth-order valence-corrected chi connectivity index (χ4v) is 2.72. The Balaban J connectivity index is 1.41. The predicted molar refractivity (Wildman–Crippen MR) is 85.8 cm³/mol. The minimum absolute atomic E-state index is 0.0143. The molecule has 2 heterocycles. The molecule has 120 valence electrons. The summed E-state index contributed by atoms with van der Waals surface area (Å²) in [4.78, 5) is 25.8. The van der Waals surface area contributed by atoms with Crippen LogP contribution in [0, 0.1) is 6.92 Å². The van der Waals surface area contributed by atoms with Crippen LogP contribution in [0.5, 0.6) is 0 Å². The summed E-state index contributed by atoms with van der Waals surface area (Å²) in [5.74, 6) is -0.0296. The number of nitrogens with zero attached hydrogens (tertiary/aromatic N) is 3. The first-order chi connectivity index (χ1) is 11.1. The van der Waals surface area contributed by atoms with Gasteiger partial charge in [-0.25, -0.2) is 0 Å². The van der Waals surface area contributed by atoms with Crippen molar-refractivity contribution in [3.8, 4) is 0 Å². The Hall–Kier alpha value is -2.63. The van der Waals surface area contributed by atoms with E-state index in [2.05, 4.69) is 10.4 Å². The van der Waals surface area contributed by atoms with Gasteiger partial charge in [0, 0.05) is 37.8 Å². The highest BCUT2D eigenvalue weighted by Crippen LogP contribution is 2.22. The number of carbonyl (C=O) groups excluding carboxylic acids is 2. The molecule has 0 unspecified atom stereocenters. The van der Waals surface area contributed by atoms with E-state index in [1.54, 1.807) is 9.58 Å². The van der Waals surface area contributed by atoms with Crippen molar-refractivity contribution < 1.29 is 9.59 Å². The van der Waals surface area contributed by atoms with Gasteiger partial charge in [-0.05, 0) is 24.6 Å². The molecule has 0 aliphatic carbocycles. The van der Waals surface area contributed by atoms with Crippen molar-refractivity contribution in [3.63, 3.8) is 0 Å². The minimum Gasteiger partial charge on any atom is -0.354 e. The summed E-state index contributed by atoms with van der Waals surface area (Å²) in [5, 5.41) is 7.12. The van der Waals surface area contributed by atoms with E-state index >= 15 is 0 Å². The van der Waals surface area contributed by atoms with Crippen LogP contribution in [0.25, 0.3) is 0 Å². The molecule has 0 atom stereocenters. The maximum atomic E-state index is 12.2. The van der Waals surface area contributed by atoms with Crippen molar-refractivity contribution in [2.75, 3.05) is 13.1 Å². The Bertz CT molecular complexity index is 723. The number of rotatable bonds is 6. The second kappa shape index (κ2) is 6.64. The van der Waals surface area contributed by atoms with E-state index in [4.69, 9.17) is 0 Å². The maximum absolute atomic E-state index is 12.2. The SMILES string of the molecule is Cc1ccn(CCNC(=O)CCN2Cc3ccccc3C2=O)n1. The van der Waals surface area contributed by atoms with E-state index < -0.39 is 0 Å². The van der Waals surface area contributed by atoms with Crippen LogP contribution in [0.1, 0.15) is 28.0 Å². The predicted octanol–water partition coefficient (Wildman–Crippen LogP) is 1.35. The lowest BCUT2D eigenvalue weighted by atomic mass is 10.1. The highest BCUT2D eigenvalue weighted by Gasteiger charge is 2.26. The molecule has 0 saturated heterocycles. The molecule has 0 bridgehead atoms. The molecular weight excluding hydrogens is 292 g/mol. The van der Waals surface area contributed by atoms with Crippen LogP contribution in [-0.2, 0) is 17.9 Å². The first kappa shape index (κ1) is 15.3. The molecular formula is C17H20N4O2. The van der Waals surface area contributed by atoms with Crippen LogP contribution in [-0.4, -0.2) is 39.6 Å². The quantitative estimate of drug-likeness (QED) is 0.875. The number of nitrogens with one attached hydrogen (secondary N) is 1. The van der Waals surface area contributed by atoms with E-state index in [9.17, 15) is 9.59 Å². The summed E-state index contributed by atoms with van der Waals surface area (Å²) in [6.07, 6.45) is 2.21. The van der Waals surface area contributed by atoms with Crippen molar-refractivity contribution in [1.82, 2.24) is 20.0 Å². The van der Waals surface area contributed by atoms with Gasteiger partial charge in [0.25, 0.3) is 5.91 Å². The maximum Gasteiger partial charge on any atom is 0.254 e. The molecule has 23 heavy (non-hydrogen) atoms. The highest BCUT2D eigenvalue weighted by atomic mass is 16.2. The second-order valence-electron chi connectivity index (χ2n) is 5.70. The van der Waals surface area contributed by atoms with E-state index in [-0.39, 0.29) is 11.8 Å². The zero-order valence-electron chi connectivity index (χ0n) is 13.2. The number of fused-ring (bicyclic) bond motifs is 1. The van der Waals surface area contributed by atoms with Crippen molar-refractivity contribution in [2.24, 2.45) is 0 Å². The van der Waals surface area contributed by atoms with Gasteiger partial charge in [0.1, 0.15) is 0 Å².